The number of amides is 1. The Morgan fingerprint density at radius 2 is 2.14 bits per heavy atom. The fourth-order valence-corrected chi connectivity index (χ4v) is 4.66. The van der Waals surface area contributed by atoms with Crippen LogP contribution in [0.2, 0.25) is 0 Å². The highest BCUT2D eigenvalue weighted by Gasteiger charge is 2.35. The van der Waals surface area contributed by atoms with Crippen LogP contribution in [0.3, 0.4) is 0 Å². The standard InChI is InChI=1S/C13H21N3O3S2/c1-10-8-12(14-20-10)13(17)16(6-5-15(2)3)11-4-7-21(18,19)9-11/h8,11H,4-7,9H2,1-3H3. The number of nitrogens with zero attached hydrogens (tertiary/aromatic N) is 3. The molecule has 1 saturated heterocycles. The van der Waals surface area contributed by atoms with Gasteiger partial charge in [0.1, 0.15) is 5.69 Å². The van der Waals surface area contributed by atoms with Crippen LogP contribution in [0.1, 0.15) is 21.8 Å². The second-order valence-corrected chi connectivity index (χ2v) is 8.92. The molecule has 1 fully saturated rings. The summed E-state index contributed by atoms with van der Waals surface area (Å²) in [7, 11) is 0.848. The van der Waals surface area contributed by atoms with Gasteiger partial charge in [0.15, 0.2) is 9.84 Å². The number of hydrogen-bond acceptors (Lipinski definition) is 6. The number of rotatable bonds is 5. The van der Waals surface area contributed by atoms with E-state index in [1.54, 1.807) is 11.0 Å². The first kappa shape index (κ1) is 16.4. The maximum Gasteiger partial charge on any atom is 0.273 e. The van der Waals surface area contributed by atoms with E-state index in [1.165, 1.54) is 11.5 Å². The molecule has 21 heavy (non-hydrogen) atoms. The first-order chi connectivity index (χ1) is 9.78. The highest BCUT2D eigenvalue weighted by Crippen LogP contribution is 2.20. The van der Waals surface area contributed by atoms with E-state index in [4.69, 9.17) is 0 Å². The molecular weight excluding hydrogens is 310 g/mol. The quantitative estimate of drug-likeness (QED) is 0.792. The van der Waals surface area contributed by atoms with Gasteiger partial charge in [0.2, 0.25) is 0 Å². The summed E-state index contributed by atoms with van der Waals surface area (Å²) in [6.45, 7) is 3.12. The molecule has 2 rings (SSSR count). The summed E-state index contributed by atoms with van der Waals surface area (Å²) in [6.07, 6.45) is 0.518. The molecule has 1 amide bonds. The van der Waals surface area contributed by atoms with Gasteiger partial charge >= 0.3 is 0 Å². The molecule has 2 heterocycles. The average molecular weight is 331 g/mol. The van der Waals surface area contributed by atoms with E-state index in [2.05, 4.69) is 4.37 Å². The predicted molar refractivity (Wildman–Crippen MR) is 83.5 cm³/mol. The summed E-state index contributed by atoms with van der Waals surface area (Å²) in [5, 5.41) is 0. The predicted octanol–water partition coefficient (Wildman–Crippen LogP) is 0.642. The Morgan fingerprint density at radius 3 is 2.62 bits per heavy atom. The highest BCUT2D eigenvalue weighted by molar-refractivity contribution is 7.91. The molecule has 0 N–H and O–H groups in total. The van der Waals surface area contributed by atoms with E-state index in [1.807, 2.05) is 25.9 Å². The van der Waals surface area contributed by atoms with Crippen molar-refractivity contribution < 1.29 is 13.2 Å². The molecule has 6 nitrogen and oxygen atoms in total. The van der Waals surface area contributed by atoms with Crippen molar-refractivity contribution in [3.63, 3.8) is 0 Å². The number of aromatic nitrogens is 1. The van der Waals surface area contributed by atoms with Crippen molar-refractivity contribution in [2.75, 3.05) is 38.7 Å². The minimum Gasteiger partial charge on any atom is -0.332 e. The SMILES string of the molecule is Cc1cc(C(=O)N(CCN(C)C)C2CCS(=O)(=O)C2)ns1. The first-order valence-corrected chi connectivity index (χ1v) is 9.47. The van der Waals surface area contributed by atoms with Crippen molar-refractivity contribution in [1.82, 2.24) is 14.2 Å². The minimum atomic E-state index is -3.01. The third-order valence-electron chi connectivity index (χ3n) is 3.55. The molecule has 0 radical (unpaired) electrons. The molecule has 0 aliphatic carbocycles. The summed E-state index contributed by atoms with van der Waals surface area (Å²) in [4.78, 5) is 17.3. The fourth-order valence-electron chi connectivity index (χ4n) is 2.39. The lowest BCUT2D eigenvalue weighted by Gasteiger charge is -2.28. The molecule has 1 aromatic heterocycles. The van der Waals surface area contributed by atoms with E-state index in [9.17, 15) is 13.2 Å². The van der Waals surface area contributed by atoms with Crippen LogP contribution in [0.25, 0.3) is 0 Å². The van der Waals surface area contributed by atoms with Crippen molar-refractivity contribution >= 4 is 27.3 Å². The van der Waals surface area contributed by atoms with Crippen molar-refractivity contribution in [2.45, 2.75) is 19.4 Å². The van der Waals surface area contributed by atoms with Gasteiger partial charge in [-0.3, -0.25) is 4.79 Å². The molecular formula is C13H21N3O3S2. The molecule has 1 aliphatic heterocycles. The van der Waals surface area contributed by atoms with E-state index in [0.29, 0.717) is 25.2 Å². The molecule has 0 spiro atoms. The van der Waals surface area contributed by atoms with Gasteiger partial charge in [0.25, 0.3) is 5.91 Å². The van der Waals surface area contributed by atoms with Crippen LogP contribution in [-0.2, 0) is 9.84 Å². The molecule has 1 unspecified atom stereocenters. The van der Waals surface area contributed by atoms with Gasteiger partial charge in [-0.15, -0.1) is 0 Å². The van der Waals surface area contributed by atoms with Gasteiger partial charge in [-0.05, 0) is 45.0 Å². The lowest BCUT2D eigenvalue weighted by atomic mass is 10.2. The van der Waals surface area contributed by atoms with Crippen LogP contribution < -0.4 is 0 Å². The number of carbonyl (C=O) groups excluding carboxylic acids is 1. The Kier molecular flexibility index (Phi) is 5.00. The van der Waals surface area contributed by atoms with Crippen LogP contribution in [0.5, 0.6) is 0 Å². The number of sulfone groups is 1. The Morgan fingerprint density at radius 1 is 1.43 bits per heavy atom. The Balaban J connectivity index is 2.17. The van der Waals surface area contributed by atoms with Gasteiger partial charge in [-0.2, -0.15) is 4.37 Å². The number of carbonyl (C=O) groups is 1. The third kappa shape index (κ3) is 4.24. The summed E-state index contributed by atoms with van der Waals surface area (Å²) >= 11 is 1.29. The fraction of sp³-hybridized carbons (Fsp3) is 0.692. The van der Waals surface area contributed by atoms with Crippen molar-refractivity contribution in [3.05, 3.63) is 16.6 Å². The van der Waals surface area contributed by atoms with Crippen LogP contribution in [0.4, 0.5) is 0 Å². The summed E-state index contributed by atoms with van der Waals surface area (Å²) in [5.41, 5.74) is 0.417. The van der Waals surface area contributed by atoms with E-state index >= 15 is 0 Å². The van der Waals surface area contributed by atoms with Crippen LogP contribution >= 0.6 is 11.5 Å². The Bertz CT molecular complexity index is 610. The lowest BCUT2D eigenvalue weighted by Crippen LogP contribution is -2.44. The topological polar surface area (TPSA) is 70.6 Å². The third-order valence-corrected chi connectivity index (χ3v) is 5.99. The van der Waals surface area contributed by atoms with Crippen molar-refractivity contribution in [3.8, 4) is 0 Å². The van der Waals surface area contributed by atoms with Gasteiger partial charge < -0.3 is 9.80 Å². The van der Waals surface area contributed by atoms with E-state index in [0.717, 1.165) is 4.88 Å². The maximum absolute atomic E-state index is 12.6. The zero-order chi connectivity index (χ0) is 15.6. The normalized spacial score (nSPS) is 20.9. The minimum absolute atomic E-state index is 0.0648. The summed E-state index contributed by atoms with van der Waals surface area (Å²) < 4.78 is 27.5. The second kappa shape index (κ2) is 6.41. The number of aryl methyl sites for hydroxylation is 1. The zero-order valence-corrected chi connectivity index (χ0v) is 14.2. The zero-order valence-electron chi connectivity index (χ0n) is 12.6. The van der Waals surface area contributed by atoms with Gasteiger partial charge in [-0.1, -0.05) is 0 Å². The summed E-state index contributed by atoms with van der Waals surface area (Å²) in [6, 6.07) is 1.53. The summed E-state index contributed by atoms with van der Waals surface area (Å²) in [5.74, 6) is 0.0673. The molecule has 0 saturated carbocycles. The van der Waals surface area contributed by atoms with Crippen LogP contribution in [-0.4, -0.2) is 73.2 Å². The molecule has 0 aromatic carbocycles. The monoisotopic (exact) mass is 331 g/mol. The van der Waals surface area contributed by atoms with Gasteiger partial charge in [0, 0.05) is 24.0 Å². The van der Waals surface area contributed by atoms with Gasteiger partial charge in [0.05, 0.1) is 11.5 Å². The molecule has 1 atom stereocenters. The Hall–Kier alpha value is -0.990. The molecule has 8 heteroatoms. The van der Waals surface area contributed by atoms with Crippen molar-refractivity contribution in [1.29, 1.82) is 0 Å². The molecule has 0 bridgehead atoms. The average Bonchev–Trinajstić information content (AvgIpc) is 2.95. The lowest BCUT2D eigenvalue weighted by molar-refractivity contribution is 0.0679. The largest absolute Gasteiger partial charge is 0.332 e. The van der Waals surface area contributed by atoms with Crippen LogP contribution in [0, 0.1) is 6.92 Å². The Labute approximate surface area is 129 Å². The highest BCUT2D eigenvalue weighted by atomic mass is 32.2. The van der Waals surface area contributed by atoms with Crippen molar-refractivity contribution in [2.24, 2.45) is 0 Å². The van der Waals surface area contributed by atoms with Crippen LogP contribution in [0.15, 0.2) is 6.07 Å². The maximum atomic E-state index is 12.6. The van der Waals surface area contributed by atoms with E-state index in [-0.39, 0.29) is 23.5 Å². The first-order valence-electron chi connectivity index (χ1n) is 6.88. The molecule has 1 aliphatic rings. The second-order valence-electron chi connectivity index (χ2n) is 5.68. The molecule has 118 valence electrons. The van der Waals surface area contributed by atoms with E-state index < -0.39 is 9.84 Å². The number of hydrogen-bond donors (Lipinski definition) is 0. The number of likely N-dealkylation sites (N-methyl/N-ethyl adjacent to an activating group) is 1. The van der Waals surface area contributed by atoms with Gasteiger partial charge in [-0.25, -0.2) is 8.42 Å². The smallest absolute Gasteiger partial charge is 0.273 e. The molecule has 1 aromatic rings.